The second-order valence-corrected chi connectivity index (χ2v) is 6.83. The van der Waals surface area contributed by atoms with Crippen molar-refractivity contribution < 1.29 is 14.3 Å². The zero-order valence-electron chi connectivity index (χ0n) is 13.4. The number of piperidine rings is 1. The number of aryl methyl sites for hydroxylation is 2. The third-order valence-corrected chi connectivity index (χ3v) is 5.03. The Morgan fingerprint density at radius 2 is 2.23 bits per heavy atom. The van der Waals surface area contributed by atoms with Gasteiger partial charge in [-0.2, -0.15) is 0 Å². The maximum absolute atomic E-state index is 12.4. The van der Waals surface area contributed by atoms with E-state index >= 15 is 0 Å². The summed E-state index contributed by atoms with van der Waals surface area (Å²) < 4.78 is 5.00. The predicted octanol–water partition coefficient (Wildman–Crippen LogP) is 2.62. The van der Waals surface area contributed by atoms with Gasteiger partial charge in [0.05, 0.1) is 18.3 Å². The van der Waals surface area contributed by atoms with Gasteiger partial charge < -0.3 is 15.4 Å². The molecule has 1 fully saturated rings. The van der Waals surface area contributed by atoms with Crippen molar-refractivity contribution in [1.29, 1.82) is 0 Å². The minimum atomic E-state index is -0.244. The third-order valence-electron chi connectivity index (χ3n) is 4.00. The molecule has 2 N–H and O–H groups in total. The molecule has 0 saturated carbocycles. The van der Waals surface area contributed by atoms with E-state index in [9.17, 15) is 9.59 Å². The lowest BCUT2D eigenvalue weighted by Crippen LogP contribution is -2.46. The number of hydrogen-bond acceptors (Lipinski definition) is 5. The van der Waals surface area contributed by atoms with Crippen LogP contribution in [0.5, 0.6) is 0 Å². The van der Waals surface area contributed by atoms with Gasteiger partial charge in [0.15, 0.2) is 0 Å². The molecular weight excluding hydrogens is 300 g/mol. The minimum absolute atomic E-state index is 0.0156. The average molecular weight is 324 g/mol. The summed E-state index contributed by atoms with van der Waals surface area (Å²) >= 11 is 1.64. The molecule has 1 saturated heterocycles. The molecule has 0 bridgehead atoms. The van der Waals surface area contributed by atoms with E-state index in [1.807, 2.05) is 26.2 Å². The molecule has 2 atom stereocenters. The summed E-state index contributed by atoms with van der Waals surface area (Å²) in [6.45, 7) is 6.97. The lowest BCUT2D eigenvalue weighted by atomic mass is 9.89. The van der Waals surface area contributed by atoms with E-state index in [1.165, 1.54) is 0 Å². The summed E-state index contributed by atoms with van der Waals surface area (Å²) in [7, 11) is 0. The maximum Gasteiger partial charge on any atom is 0.306 e. The molecule has 2 rings (SSSR count). The Morgan fingerprint density at radius 3 is 2.86 bits per heavy atom. The van der Waals surface area contributed by atoms with Gasteiger partial charge >= 0.3 is 5.97 Å². The van der Waals surface area contributed by atoms with Gasteiger partial charge in [-0.3, -0.25) is 9.59 Å². The first-order chi connectivity index (χ1) is 10.5. The van der Waals surface area contributed by atoms with Crippen molar-refractivity contribution >= 4 is 28.9 Å². The Kier molecular flexibility index (Phi) is 5.97. The molecule has 1 aromatic rings. The van der Waals surface area contributed by atoms with E-state index in [0.29, 0.717) is 19.4 Å². The quantitative estimate of drug-likeness (QED) is 0.817. The number of thiophene rings is 1. The van der Waals surface area contributed by atoms with Crippen LogP contribution in [0.4, 0.5) is 5.69 Å². The van der Waals surface area contributed by atoms with Crippen LogP contribution in [0.25, 0.3) is 0 Å². The number of ether oxygens (including phenoxy) is 1. The summed E-state index contributed by atoms with van der Waals surface area (Å²) in [5.41, 5.74) is 2.01. The molecule has 1 amide bonds. The van der Waals surface area contributed by atoms with E-state index < -0.39 is 0 Å². The number of nitrogens with one attached hydrogen (secondary N) is 2. The highest BCUT2D eigenvalue weighted by Gasteiger charge is 2.29. The predicted molar refractivity (Wildman–Crippen MR) is 88.2 cm³/mol. The molecule has 1 unspecified atom stereocenters. The Bertz CT molecular complexity index is 522. The first kappa shape index (κ1) is 17.0. The monoisotopic (exact) mass is 324 g/mol. The fourth-order valence-electron chi connectivity index (χ4n) is 2.81. The standard InChI is InChI=1S/C16H24N2O3S/c1-4-21-14(19)8-12-5-6-17-13(7-12)16(20)18-15-10(2)9-22-11(15)3/h9,12-13,17H,4-8H2,1-3H3,(H,18,20)/t12?,13-/m0/s1. The molecule has 1 aromatic heterocycles. The summed E-state index contributed by atoms with van der Waals surface area (Å²) in [6.07, 6.45) is 1.97. The molecule has 0 aromatic carbocycles. The number of amides is 1. The zero-order valence-corrected chi connectivity index (χ0v) is 14.2. The van der Waals surface area contributed by atoms with Crippen LogP contribution in [-0.2, 0) is 14.3 Å². The Balaban J connectivity index is 1.91. The van der Waals surface area contributed by atoms with Crippen LogP contribution < -0.4 is 10.6 Å². The maximum atomic E-state index is 12.4. The van der Waals surface area contributed by atoms with Crippen LogP contribution in [0.15, 0.2) is 5.38 Å². The molecule has 5 nitrogen and oxygen atoms in total. The average Bonchev–Trinajstić information content (AvgIpc) is 2.79. The molecule has 0 spiro atoms. The molecule has 6 heteroatoms. The van der Waals surface area contributed by atoms with Crippen LogP contribution in [0.3, 0.4) is 0 Å². The first-order valence-corrected chi connectivity index (χ1v) is 8.63. The van der Waals surface area contributed by atoms with Gasteiger partial charge in [-0.15, -0.1) is 11.3 Å². The van der Waals surface area contributed by atoms with Gasteiger partial charge in [0.25, 0.3) is 0 Å². The molecule has 0 aliphatic carbocycles. The highest BCUT2D eigenvalue weighted by Crippen LogP contribution is 2.27. The minimum Gasteiger partial charge on any atom is -0.466 e. The summed E-state index contributed by atoms with van der Waals surface area (Å²) in [4.78, 5) is 25.1. The zero-order chi connectivity index (χ0) is 16.1. The number of carbonyl (C=O) groups excluding carboxylic acids is 2. The van der Waals surface area contributed by atoms with Crippen molar-refractivity contribution in [1.82, 2.24) is 5.32 Å². The van der Waals surface area contributed by atoms with Crippen LogP contribution in [0.1, 0.15) is 36.6 Å². The molecule has 1 aliphatic heterocycles. The third kappa shape index (κ3) is 4.30. The van der Waals surface area contributed by atoms with Gasteiger partial charge in [0.2, 0.25) is 5.91 Å². The summed E-state index contributed by atoms with van der Waals surface area (Å²) in [6, 6.07) is -0.244. The fourth-order valence-corrected chi connectivity index (χ4v) is 3.61. The van der Waals surface area contributed by atoms with Gasteiger partial charge in [-0.05, 0) is 57.0 Å². The van der Waals surface area contributed by atoms with Crippen LogP contribution in [0.2, 0.25) is 0 Å². The van der Waals surface area contributed by atoms with Crippen LogP contribution >= 0.6 is 11.3 Å². The van der Waals surface area contributed by atoms with Crippen LogP contribution in [0, 0.1) is 19.8 Å². The van der Waals surface area contributed by atoms with Crippen molar-refractivity contribution in [3.8, 4) is 0 Å². The van der Waals surface area contributed by atoms with Gasteiger partial charge in [0, 0.05) is 11.3 Å². The molecule has 0 radical (unpaired) electrons. The smallest absolute Gasteiger partial charge is 0.306 e. The highest BCUT2D eigenvalue weighted by molar-refractivity contribution is 7.10. The Hall–Kier alpha value is -1.40. The lowest BCUT2D eigenvalue weighted by Gasteiger charge is -2.29. The molecular formula is C16H24N2O3S. The molecule has 22 heavy (non-hydrogen) atoms. The molecule has 2 heterocycles. The van der Waals surface area contributed by atoms with E-state index in [1.54, 1.807) is 11.3 Å². The summed E-state index contributed by atoms with van der Waals surface area (Å²) in [5, 5.41) is 8.31. The SMILES string of the molecule is CCOC(=O)CC1CCN[C@H](C(=O)Nc2c(C)csc2C)C1. The van der Waals surface area contributed by atoms with Gasteiger partial charge in [0.1, 0.15) is 0 Å². The van der Waals surface area contributed by atoms with E-state index in [0.717, 1.165) is 29.1 Å². The second-order valence-electron chi connectivity index (χ2n) is 5.75. The van der Waals surface area contributed by atoms with E-state index in [4.69, 9.17) is 4.74 Å². The largest absolute Gasteiger partial charge is 0.466 e. The fraction of sp³-hybridized carbons (Fsp3) is 0.625. The highest BCUT2D eigenvalue weighted by atomic mass is 32.1. The number of hydrogen-bond donors (Lipinski definition) is 2. The number of carbonyl (C=O) groups is 2. The first-order valence-electron chi connectivity index (χ1n) is 7.75. The van der Waals surface area contributed by atoms with Crippen molar-refractivity contribution in [3.05, 3.63) is 15.8 Å². The van der Waals surface area contributed by atoms with E-state index in [2.05, 4.69) is 10.6 Å². The van der Waals surface area contributed by atoms with Crippen molar-refractivity contribution in [3.63, 3.8) is 0 Å². The Morgan fingerprint density at radius 1 is 1.45 bits per heavy atom. The number of rotatable bonds is 5. The Labute approximate surface area is 135 Å². The molecule has 122 valence electrons. The molecule has 1 aliphatic rings. The van der Waals surface area contributed by atoms with Crippen molar-refractivity contribution in [2.75, 3.05) is 18.5 Å². The normalized spacial score (nSPS) is 21.4. The van der Waals surface area contributed by atoms with Gasteiger partial charge in [-0.25, -0.2) is 0 Å². The number of esters is 1. The second kappa shape index (κ2) is 7.74. The van der Waals surface area contributed by atoms with E-state index in [-0.39, 0.29) is 23.8 Å². The topological polar surface area (TPSA) is 67.4 Å². The lowest BCUT2D eigenvalue weighted by molar-refractivity contribution is -0.144. The van der Waals surface area contributed by atoms with Gasteiger partial charge in [-0.1, -0.05) is 0 Å². The van der Waals surface area contributed by atoms with Crippen molar-refractivity contribution in [2.45, 2.75) is 46.1 Å². The summed E-state index contributed by atoms with van der Waals surface area (Å²) in [5.74, 6) is 0.0250. The van der Waals surface area contributed by atoms with Crippen molar-refractivity contribution in [2.24, 2.45) is 5.92 Å². The number of anilines is 1. The van der Waals surface area contributed by atoms with Crippen LogP contribution in [-0.4, -0.2) is 31.1 Å².